The highest BCUT2D eigenvalue weighted by molar-refractivity contribution is 14.1. The third-order valence-electron chi connectivity index (χ3n) is 2.12. The van der Waals surface area contributed by atoms with Gasteiger partial charge in [0, 0.05) is 15.7 Å². The number of rotatable bonds is 1. The lowest BCUT2D eigenvalue weighted by Gasteiger charge is -2.03. The summed E-state index contributed by atoms with van der Waals surface area (Å²) in [5.74, 6) is -0.786. The van der Waals surface area contributed by atoms with E-state index >= 15 is 0 Å². The predicted octanol–water partition coefficient (Wildman–Crippen LogP) is 1.71. The molecule has 0 amide bonds. The quantitative estimate of drug-likeness (QED) is 0.774. The molecule has 1 atom stereocenters. The minimum Gasteiger partial charge on any atom is -0.480 e. The van der Waals surface area contributed by atoms with Crippen LogP contribution in [0.15, 0.2) is 18.2 Å². The first-order valence-electron chi connectivity index (χ1n) is 3.94. The SMILES string of the molecule is O=C(O)[C@@H]1Cc2cc(I)ccc2N1. The van der Waals surface area contributed by atoms with E-state index in [-0.39, 0.29) is 0 Å². The predicted molar refractivity (Wildman–Crippen MR) is 57.9 cm³/mol. The van der Waals surface area contributed by atoms with Crippen molar-refractivity contribution in [3.63, 3.8) is 0 Å². The van der Waals surface area contributed by atoms with E-state index < -0.39 is 12.0 Å². The van der Waals surface area contributed by atoms with Gasteiger partial charge in [-0.3, -0.25) is 0 Å². The molecule has 0 fully saturated rings. The highest BCUT2D eigenvalue weighted by Crippen LogP contribution is 2.27. The molecule has 1 aliphatic rings. The zero-order chi connectivity index (χ0) is 9.42. The monoisotopic (exact) mass is 289 g/mol. The number of halogens is 1. The first-order valence-corrected chi connectivity index (χ1v) is 5.02. The van der Waals surface area contributed by atoms with Crippen LogP contribution in [0.25, 0.3) is 0 Å². The molecule has 1 heterocycles. The van der Waals surface area contributed by atoms with Crippen LogP contribution >= 0.6 is 22.6 Å². The Bertz CT molecular complexity index is 365. The second-order valence-electron chi connectivity index (χ2n) is 3.04. The number of hydrogen-bond donors (Lipinski definition) is 2. The van der Waals surface area contributed by atoms with E-state index in [1.54, 1.807) is 0 Å². The molecule has 0 unspecified atom stereocenters. The van der Waals surface area contributed by atoms with Crippen molar-refractivity contribution in [2.45, 2.75) is 12.5 Å². The molecule has 0 aromatic heterocycles. The summed E-state index contributed by atoms with van der Waals surface area (Å²) in [6.45, 7) is 0. The summed E-state index contributed by atoms with van der Waals surface area (Å²) in [5.41, 5.74) is 2.05. The lowest BCUT2D eigenvalue weighted by molar-refractivity contribution is -0.137. The summed E-state index contributed by atoms with van der Waals surface area (Å²) in [7, 11) is 0. The van der Waals surface area contributed by atoms with Crippen LogP contribution in [0.3, 0.4) is 0 Å². The van der Waals surface area contributed by atoms with Crippen LogP contribution in [0.4, 0.5) is 5.69 Å². The molecule has 0 bridgehead atoms. The lowest BCUT2D eigenvalue weighted by Crippen LogP contribution is -2.26. The molecule has 1 aliphatic heterocycles. The van der Waals surface area contributed by atoms with Crippen LogP contribution < -0.4 is 5.32 Å². The van der Waals surface area contributed by atoms with Gasteiger partial charge in [0.2, 0.25) is 0 Å². The van der Waals surface area contributed by atoms with Crippen LogP contribution in [0.2, 0.25) is 0 Å². The van der Waals surface area contributed by atoms with Gasteiger partial charge < -0.3 is 10.4 Å². The van der Waals surface area contributed by atoms with Crippen molar-refractivity contribution in [1.82, 2.24) is 0 Å². The van der Waals surface area contributed by atoms with E-state index in [9.17, 15) is 4.79 Å². The minimum absolute atomic E-state index is 0.451. The van der Waals surface area contributed by atoms with Crippen molar-refractivity contribution in [1.29, 1.82) is 0 Å². The normalized spacial score (nSPS) is 19.3. The summed E-state index contributed by atoms with van der Waals surface area (Å²) in [6.07, 6.45) is 0.585. The summed E-state index contributed by atoms with van der Waals surface area (Å²) < 4.78 is 1.14. The van der Waals surface area contributed by atoms with Crippen LogP contribution in [-0.4, -0.2) is 17.1 Å². The fourth-order valence-electron chi connectivity index (χ4n) is 1.48. The van der Waals surface area contributed by atoms with Crippen molar-refractivity contribution >= 4 is 34.2 Å². The second kappa shape index (κ2) is 3.17. The fourth-order valence-corrected chi connectivity index (χ4v) is 2.04. The zero-order valence-electron chi connectivity index (χ0n) is 6.75. The van der Waals surface area contributed by atoms with Gasteiger partial charge in [-0.25, -0.2) is 4.79 Å². The van der Waals surface area contributed by atoms with Crippen LogP contribution in [0.1, 0.15) is 5.56 Å². The molecule has 2 rings (SSSR count). The molecule has 2 N–H and O–H groups in total. The summed E-state index contributed by atoms with van der Waals surface area (Å²) >= 11 is 2.22. The molecule has 3 nitrogen and oxygen atoms in total. The number of nitrogens with one attached hydrogen (secondary N) is 1. The van der Waals surface area contributed by atoms with Crippen molar-refractivity contribution in [2.75, 3.05) is 5.32 Å². The number of hydrogen-bond acceptors (Lipinski definition) is 2. The third-order valence-corrected chi connectivity index (χ3v) is 2.79. The second-order valence-corrected chi connectivity index (χ2v) is 4.29. The summed E-state index contributed by atoms with van der Waals surface area (Å²) in [6, 6.07) is 5.47. The smallest absolute Gasteiger partial charge is 0.326 e. The first-order chi connectivity index (χ1) is 6.16. The Labute approximate surface area is 89.3 Å². The average molecular weight is 289 g/mol. The number of benzene rings is 1. The van der Waals surface area contributed by atoms with Gasteiger partial charge in [0.25, 0.3) is 0 Å². The van der Waals surface area contributed by atoms with E-state index in [1.165, 1.54) is 0 Å². The fraction of sp³-hybridized carbons (Fsp3) is 0.222. The van der Waals surface area contributed by atoms with Gasteiger partial charge >= 0.3 is 5.97 Å². The number of anilines is 1. The van der Waals surface area contributed by atoms with E-state index in [2.05, 4.69) is 27.9 Å². The van der Waals surface area contributed by atoms with Gasteiger partial charge in [-0.1, -0.05) is 0 Å². The number of aliphatic carboxylic acids is 1. The maximum absolute atomic E-state index is 10.7. The van der Waals surface area contributed by atoms with Gasteiger partial charge in [0.1, 0.15) is 6.04 Å². The van der Waals surface area contributed by atoms with Crippen molar-refractivity contribution in [3.05, 3.63) is 27.3 Å². The Morgan fingerprint density at radius 2 is 2.38 bits per heavy atom. The Morgan fingerprint density at radius 3 is 3.08 bits per heavy atom. The average Bonchev–Trinajstić information content (AvgIpc) is 2.46. The number of fused-ring (bicyclic) bond motifs is 1. The first kappa shape index (κ1) is 8.80. The lowest BCUT2D eigenvalue weighted by atomic mass is 10.1. The molecule has 4 heteroatoms. The maximum atomic E-state index is 10.7. The summed E-state index contributed by atoms with van der Waals surface area (Å²) in [5, 5.41) is 11.7. The molecule has 0 saturated heterocycles. The van der Waals surface area contributed by atoms with Gasteiger partial charge in [-0.2, -0.15) is 0 Å². The Balaban J connectivity index is 2.30. The van der Waals surface area contributed by atoms with E-state index in [1.807, 2.05) is 18.2 Å². The van der Waals surface area contributed by atoms with Crippen LogP contribution in [0, 0.1) is 3.57 Å². The minimum atomic E-state index is -0.786. The van der Waals surface area contributed by atoms with E-state index in [4.69, 9.17) is 5.11 Å². The number of carboxylic acid groups (broad SMARTS) is 1. The topological polar surface area (TPSA) is 49.3 Å². The Hall–Kier alpha value is -0.780. The molecule has 0 aliphatic carbocycles. The zero-order valence-corrected chi connectivity index (χ0v) is 8.91. The molecular weight excluding hydrogens is 281 g/mol. The third kappa shape index (κ3) is 1.63. The standard InChI is InChI=1S/C9H8INO2/c10-6-1-2-7-5(3-6)4-8(11-7)9(12)13/h1-3,8,11H,4H2,(H,12,13)/t8-/m0/s1. The van der Waals surface area contributed by atoms with Crippen LogP contribution in [-0.2, 0) is 11.2 Å². The highest BCUT2D eigenvalue weighted by atomic mass is 127. The summed E-state index contributed by atoms with van der Waals surface area (Å²) in [4.78, 5) is 10.7. The van der Waals surface area contributed by atoms with Crippen molar-refractivity contribution in [2.24, 2.45) is 0 Å². The van der Waals surface area contributed by atoms with E-state index in [0.717, 1.165) is 14.8 Å². The Kier molecular flexibility index (Phi) is 2.15. The molecule has 1 aromatic carbocycles. The molecule has 0 radical (unpaired) electrons. The molecule has 0 saturated carbocycles. The van der Waals surface area contributed by atoms with Gasteiger partial charge in [0.05, 0.1) is 0 Å². The highest BCUT2D eigenvalue weighted by Gasteiger charge is 2.25. The molecule has 0 spiro atoms. The largest absolute Gasteiger partial charge is 0.480 e. The van der Waals surface area contributed by atoms with Crippen molar-refractivity contribution < 1.29 is 9.90 Å². The molecule has 13 heavy (non-hydrogen) atoms. The Morgan fingerprint density at radius 1 is 1.62 bits per heavy atom. The van der Waals surface area contributed by atoms with Gasteiger partial charge in [-0.15, -0.1) is 0 Å². The molecule has 1 aromatic rings. The van der Waals surface area contributed by atoms with Crippen LogP contribution in [0.5, 0.6) is 0 Å². The molecular formula is C9H8INO2. The van der Waals surface area contributed by atoms with Gasteiger partial charge in [0.15, 0.2) is 0 Å². The van der Waals surface area contributed by atoms with Gasteiger partial charge in [-0.05, 0) is 46.4 Å². The van der Waals surface area contributed by atoms with Crippen molar-refractivity contribution in [3.8, 4) is 0 Å². The number of carboxylic acids is 1. The number of carbonyl (C=O) groups is 1. The maximum Gasteiger partial charge on any atom is 0.326 e. The van der Waals surface area contributed by atoms with E-state index in [0.29, 0.717) is 6.42 Å². The molecule has 68 valence electrons.